The summed E-state index contributed by atoms with van der Waals surface area (Å²) in [5.41, 5.74) is 3.51. The molecule has 0 saturated carbocycles. The number of carbonyl (C=O) groups excluding carboxylic acids is 1. The first kappa shape index (κ1) is 17.5. The van der Waals surface area contributed by atoms with E-state index in [-0.39, 0.29) is 11.2 Å². The highest BCUT2D eigenvalue weighted by molar-refractivity contribution is 5.98. The Morgan fingerprint density at radius 1 is 1.29 bits per heavy atom. The molecular weight excluding hydrogens is 362 g/mol. The summed E-state index contributed by atoms with van der Waals surface area (Å²) in [7, 11) is 0. The SMILES string of the molecule is O=C(N/N=C\c1cccc([N+](=O)[O-])c1)c1ccc2c(=O)n3c(nc2c1)CCC3. The fourth-order valence-electron chi connectivity index (χ4n) is 3.17. The molecule has 1 aliphatic rings. The standard InChI is InChI=1S/C19H15N5O4/c25-18(22-20-11-12-3-1-4-14(9-12)24(27)28)13-6-7-15-16(10-13)21-17-5-2-8-23(17)19(15)26/h1,3-4,6-7,9-11H,2,5,8H2,(H,22,25)/b20-11-. The van der Waals surface area contributed by atoms with Gasteiger partial charge >= 0.3 is 0 Å². The number of benzene rings is 2. The number of hydrogen-bond donors (Lipinski definition) is 1. The third-order valence-electron chi connectivity index (χ3n) is 4.54. The number of hydrogen-bond acceptors (Lipinski definition) is 6. The summed E-state index contributed by atoms with van der Waals surface area (Å²) in [6.45, 7) is 0.672. The lowest BCUT2D eigenvalue weighted by atomic mass is 10.1. The van der Waals surface area contributed by atoms with Crippen LogP contribution in [0.25, 0.3) is 10.9 Å². The Bertz CT molecular complexity index is 1200. The van der Waals surface area contributed by atoms with Crippen LogP contribution in [0.4, 0.5) is 5.69 Å². The Morgan fingerprint density at radius 2 is 2.14 bits per heavy atom. The summed E-state index contributed by atoms with van der Waals surface area (Å²) >= 11 is 0. The number of rotatable bonds is 4. The minimum Gasteiger partial charge on any atom is -0.296 e. The van der Waals surface area contributed by atoms with Crippen LogP contribution in [0.1, 0.15) is 28.2 Å². The Balaban J connectivity index is 1.54. The van der Waals surface area contributed by atoms with Gasteiger partial charge in [-0.2, -0.15) is 5.10 Å². The zero-order valence-electron chi connectivity index (χ0n) is 14.7. The highest BCUT2D eigenvalue weighted by Crippen LogP contribution is 2.16. The summed E-state index contributed by atoms with van der Waals surface area (Å²) < 4.78 is 1.67. The van der Waals surface area contributed by atoms with Gasteiger partial charge in [-0.05, 0) is 24.6 Å². The Hall–Kier alpha value is -3.88. The molecule has 0 unspecified atom stereocenters. The lowest BCUT2D eigenvalue weighted by Crippen LogP contribution is -2.22. The minimum atomic E-state index is -0.503. The molecule has 0 spiro atoms. The van der Waals surface area contributed by atoms with E-state index < -0.39 is 10.8 Å². The van der Waals surface area contributed by atoms with Crippen molar-refractivity contribution in [2.75, 3.05) is 0 Å². The van der Waals surface area contributed by atoms with Crippen LogP contribution in [0.5, 0.6) is 0 Å². The molecule has 0 fully saturated rings. The van der Waals surface area contributed by atoms with Crippen LogP contribution in [0.2, 0.25) is 0 Å². The van der Waals surface area contributed by atoms with Gasteiger partial charge in [0.05, 0.1) is 22.0 Å². The van der Waals surface area contributed by atoms with Crippen molar-refractivity contribution in [3.05, 3.63) is 79.9 Å². The van der Waals surface area contributed by atoms with Crippen LogP contribution in [0.15, 0.2) is 52.4 Å². The van der Waals surface area contributed by atoms with E-state index in [0.29, 0.717) is 28.6 Å². The normalized spacial score (nSPS) is 13.0. The number of nitrogens with one attached hydrogen (secondary N) is 1. The number of nitro groups is 1. The Kier molecular flexibility index (Phi) is 4.40. The van der Waals surface area contributed by atoms with E-state index in [0.717, 1.165) is 18.7 Å². The molecule has 1 N–H and O–H groups in total. The number of nitro benzene ring substituents is 1. The summed E-state index contributed by atoms with van der Waals surface area (Å²) in [4.78, 5) is 39.6. The molecular formula is C19H15N5O4. The zero-order chi connectivity index (χ0) is 19.7. The molecule has 0 aliphatic carbocycles. The Morgan fingerprint density at radius 3 is 2.96 bits per heavy atom. The number of aryl methyl sites for hydroxylation is 1. The predicted molar refractivity (Wildman–Crippen MR) is 102 cm³/mol. The molecule has 1 aliphatic heterocycles. The van der Waals surface area contributed by atoms with Crippen LogP contribution in [0, 0.1) is 10.1 Å². The lowest BCUT2D eigenvalue weighted by molar-refractivity contribution is -0.384. The third-order valence-corrected chi connectivity index (χ3v) is 4.54. The largest absolute Gasteiger partial charge is 0.296 e. The molecule has 4 rings (SSSR count). The number of non-ortho nitro benzene ring substituents is 1. The van der Waals surface area contributed by atoms with E-state index in [1.807, 2.05) is 0 Å². The fraction of sp³-hybridized carbons (Fsp3) is 0.158. The number of fused-ring (bicyclic) bond motifs is 2. The first-order valence-electron chi connectivity index (χ1n) is 8.64. The Labute approximate surface area is 158 Å². The average molecular weight is 377 g/mol. The van der Waals surface area contributed by atoms with Crippen molar-refractivity contribution in [2.45, 2.75) is 19.4 Å². The van der Waals surface area contributed by atoms with Crippen molar-refractivity contribution in [1.29, 1.82) is 0 Å². The van der Waals surface area contributed by atoms with Crippen molar-refractivity contribution >= 4 is 28.7 Å². The van der Waals surface area contributed by atoms with Gasteiger partial charge in [0, 0.05) is 36.2 Å². The van der Waals surface area contributed by atoms with Crippen LogP contribution in [-0.4, -0.2) is 26.6 Å². The molecule has 0 radical (unpaired) electrons. The number of carbonyl (C=O) groups is 1. The third kappa shape index (κ3) is 3.25. The van der Waals surface area contributed by atoms with E-state index in [2.05, 4.69) is 15.5 Å². The maximum absolute atomic E-state index is 12.5. The van der Waals surface area contributed by atoms with Gasteiger partial charge in [0.2, 0.25) is 0 Å². The second kappa shape index (κ2) is 7.03. The number of aromatic nitrogens is 2. The number of amides is 1. The highest BCUT2D eigenvalue weighted by Gasteiger charge is 2.17. The van der Waals surface area contributed by atoms with Gasteiger partial charge in [-0.25, -0.2) is 10.4 Å². The molecule has 9 heteroatoms. The molecule has 1 aromatic heterocycles. The van der Waals surface area contributed by atoms with Gasteiger partial charge in [0.15, 0.2) is 0 Å². The van der Waals surface area contributed by atoms with Crippen LogP contribution < -0.4 is 11.0 Å². The summed E-state index contributed by atoms with van der Waals surface area (Å²) in [5, 5.41) is 15.1. The smallest absolute Gasteiger partial charge is 0.271 e. The zero-order valence-corrected chi connectivity index (χ0v) is 14.7. The lowest BCUT2D eigenvalue weighted by Gasteiger charge is -2.06. The van der Waals surface area contributed by atoms with Crippen molar-refractivity contribution in [2.24, 2.45) is 5.10 Å². The van der Waals surface area contributed by atoms with Crippen molar-refractivity contribution in [3.63, 3.8) is 0 Å². The molecule has 28 heavy (non-hydrogen) atoms. The highest BCUT2D eigenvalue weighted by atomic mass is 16.6. The van der Waals surface area contributed by atoms with Gasteiger partial charge in [-0.3, -0.25) is 24.3 Å². The van der Waals surface area contributed by atoms with Crippen molar-refractivity contribution < 1.29 is 9.72 Å². The molecule has 140 valence electrons. The second-order valence-corrected chi connectivity index (χ2v) is 6.37. The fourth-order valence-corrected chi connectivity index (χ4v) is 3.17. The first-order chi connectivity index (χ1) is 13.5. The second-order valence-electron chi connectivity index (χ2n) is 6.37. The van der Waals surface area contributed by atoms with E-state index in [1.165, 1.54) is 24.4 Å². The maximum Gasteiger partial charge on any atom is 0.271 e. The van der Waals surface area contributed by atoms with Crippen molar-refractivity contribution in [3.8, 4) is 0 Å². The molecule has 3 aromatic rings. The van der Waals surface area contributed by atoms with Crippen molar-refractivity contribution in [1.82, 2.24) is 15.0 Å². The molecule has 0 bridgehead atoms. The van der Waals surface area contributed by atoms with Crippen LogP contribution in [0.3, 0.4) is 0 Å². The topological polar surface area (TPSA) is 119 Å². The van der Waals surface area contributed by atoms with E-state index >= 15 is 0 Å². The number of hydrazone groups is 1. The molecule has 0 atom stereocenters. The minimum absolute atomic E-state index is 0.0605. The van der Waals surface area contributed by atoms with Gasteiger partial charge < -0.3 is 0 Å². The van der Waals surface area contributed by atoms with Gasteiger partial charge in [0.1, 0.15) is 5.82 Å². The molecule has 2 heterocycles. The monoisotopic (exact) mass is 377 g/mol. The van der Waals surface area contributed by atoms with Crippen LogP contribution >= 0.6 is 0 Å². The van der Waals surface area contributed by atoms with Gasteiger partial charge in [-0.1, -0.05) is 12.1 Å². The average Bonchev–Trinajstić information content (AvgIpc) is 3.16. The summed E-state index contributed by atoms with van der Waals surface area (Å²) in [5.74, 6) is 0.268. The maximum atomic E-state index is 12.5. The summed E-state index contributed by atoms with van der Waals surface area (Å²) in [6, 6.07) is 10.6. The number of nitrogens with zero attached hydrogens (tertiary/aromatic N) is 4. The van der Waals surface area contributed by atoms with Gasteiger partial charge in [-0.15, -0.1) is 0 Å². The molecule has 9 nitrogen and oxygen atoms in total. The summed E-state index contributed by atoms with van der Waals surface area (Å²) in [6.07, 6.45) is 2.96. The van der Waals surface area contributed by atoms with E-state index in [1.54, 1.807) is 28.8 Å². The van der Waals surface area contributed by atoms with E-state index in [4.69, 9.17) is 0 Å². The molecule has 0 saturated heterocycles. The molecule has 1 amide bonds. The molecule has 2 aromatic carbocycles. The van der Waals surface area contributed by atoms with Gasteiger partial charge in [0.25, 0.3) is 17.2 Å². The predicted octanol–water partition coefficient (Wildman–Crippen LogP) is 2.01. The van der Waals surface area contributed by atoms with E-state index in [9.17, 15) is 19.7 Å². The first-order valence-corrected chi connectivity index (χ1v) is 8.64. The van der Waals surface area contributed by atoms with Crippen LogP contribution in [-0.2, 0) is 13.0 Å². The quantitative estimate of drug-likeness (QED) is 0.424.